The molecule has 0 aliphatic rings. The molecule has 0 saturated carbocycles. The molecular formula is C54H36N2O. The Kier molecular flexibility index (Phi) is 7.82. The van der Waals surface area contributed by atoms with Crippen molar-refractivity contribution >= 4 is 60.8 Å². The van der Waals surface area contributed by atoms with E-state index in [2.05, 4.69) is 222 Å². The molecule has 0 unspecified atom stereocenters. The molecule has 11 aromatic rings. The van der Waals surface area contributed by atoms with E-state index in [1.54, 1.807) is 0 Å². The number of benzene rings is 9. The van der Waals surface area contributed by atoms with Crippen molar-refractivity contribution in [3.63, 3.8) is 0 Å². The van der Waals surface area contributed by atoms with E-state index >= 15 is 0 Å². The van der Waals surface area contributed by atoms with Crippen molar-refractivity contribution in [2.45, 2.75) is 0 Å². The summed E-state index contributed by atoms with van der Waals surface area (Å²) in [5, 5.41) is 4.62. The minimum absolute atomic E-state index is 0.857. The van der Waals surface area contributed by atoms with Crippen LogP contribution in [-0.2, 0) is 0 Å². The lowest BCUT2D eigenvalue weighted by molar-refractivity contribution is 0.669. The minimum Gasteiger partial charge on any atom is -0.454 e. The van der Waals surface area contributed by atoms with Crippen LogP contribution in [0, 0.1) is 0 Å². The lowest BCUT2D eigenvalue weighted by Crippen LogP contribution is -2.10. The zero-order chi connectivity index (χ0) is 37.7. The maximum absolute atomic E-state index is 6.69. The molecule has 0 bridgehead atoms. The van der Waals surface area contributed by atoms with Gasteiger partial charge < -0.3 is 13.9 Å². The van der Waals surface area contributed by atoms with Crippen LogP contribution >= 0.6 is 0 Å². The second kappa shape index (κ2) is 13.6. The van der Waals surface area contributed by atoms with Crippen molar-refractivity contribution in [2.24, 2.45) is 0 Å². The maximum atomic E-state index is 6.69. The number of fused-ring (bicyclic) bond motifs is 6. The SMILES string of the molecule is c1ccc(-c2ccc(N(c3ccc4c5c(-c6cccc(-c7ccccc7)c6)cccc5n(-c5ccccc5)c4c3)c3cccc4c3oc3ccccc34)cc2)cc1. The fourth-order valence-corrected chi connectivity index (χ4v) is 8.56. The molecule has 0 N–H and O–H groups in total. The molecule has 9 aromatic carbocycles. The van der Waals surface area contributed by atoms with Gasteiger partial charge in [-0.3, -0.25) is 0 Å². The molecule has 0 aliphatic carbocycles. The van der Waals surface area contributed by atoms with Gasteiger partial charge in [0.1, 0.15) is 5.58 Å². The fraction of sp³-hybridized carbons (Fsp3) is 0. The normalized spacial score (nSPS) is 11.5. The molecule has 11 rings (SSSR count). The number of para-hydroxylation sites is 3. The van der Waals surface area contributed by atoms with Gasteiger partial charge >= 0.3 is 0 Å². The Labute approximate surface area is 330 Å². The highest BCUT2D eigenvalue weighted by Gasteiger charge is 2.22. The average molecular weight is 729 g/mol. The number of hydrogen-bond acceptors (Lipinski definition) is 2. The summed E-state index contributed by atoms with van der Waals surface area (Å²) in [6.45, 7) is 0. The molecule has 0 aliphatic heterocycles. The highest BCUT2D eigenvalue weighted by molar-refractivity contribution is 6.17. The first-order valence-corrected chi connectivity index (χ1v) is 19.4. The molecule has 0 saturated heterocycles. The third kappa shape index (κ3) is 5.60. The van der Waals surface area contributed by atoms with Gasteiger partial charge in [-0.05, 0) is 94.0 Å². The summed E-state index contributed by atoms with van der Waals surface area (Å²) in [6.07, 6.45) is 0. The second-order valence-corrected chi connectivity index (χ2v) is 14.5. The standard InChI is InChI=1S/C54H36N2O/c1-4-15-37(16-5-1)39-29-31-43(32-30-39)55(50-27-14-25-47-46-23-10-11-28-52(46)57-54(47)50)44-33-34-48-51(36-44)56(42-21-8-3-9-22-42)49-26-13-24-45(53(48)49)41-20-12-19-40(35-41)38-17-6-2-7-18-38/h1-36H. The summed E-state index contributed by atoms with van der Waals surface area (Å²) in [4.78, 5) is 2.34. The molecule has 2 heterocycles. The molecule has 3 nitrogen and oxygen atoms in total. The number of anilines is 3. The highest BCUT2D eigenvalue weighted by Crippen LogP contribution is 2.45. The number of rotatable bonds is 7. The van der Waals surface area contributed by atoms with Crippen molar-refractivity contribution in [1.29, 1.82) is 0 Å². The summed E-state index contributed by atoms with van der Waals surface area (Å²) in [5.74, 6) is 0. The smallest absolute Gasteiger partial charge is 0.159 e. The van der Waals surface area contributed by atoms with Crippen molar-refractivity contribution in [3.05, 3.63) is 218 Å². The van der Waals surface area contributed by atoms with E-state index < -0.39 is 0 Å². The number of hydrogen-bond donors (Lipinski definition) is 0. The van der Waals surface area contributed by atoms with Gasteiger partial charge in [-0.1, -0.05) is 158 Å². The Hall–Kier alpha value is -7.62. The highest BCUT2D eigenvalue weighted by atomic mass is 16.3. The first-order chi connectivity index (χ1) is 28.3. The zero-order valence-electron chi connectivity index (χ0n) is 31.1. The number of furan rings is 1. The van der Waals surface area contributed by atoms with Crippen molar-refractivity contribution in [3.8, 4) is 39.1 Å². The van der Waals surface area contributed by atoms with Gasteiger partial charge in [-0.15, -0.1) is 0 Å². The van der Waals surface area contributed by atoms with Crippen LogP contribution < -0.4 is 4.90 Å². The van der Waals surface area contributed by atoms with E-state index in [1.165, 1.54) is 44.2 Å². The topological polar surface area (TPSA) is 21.3 Å². The summed E-state index contributed by atoms with van der Waals surface area (Å²) in [6, 6.07) is 78.1. The van der Waals surface area contributed by atoms with Crippen molar-refractivity contribution in [2.75, 3.05) is 4.90 Å². The minimum atomic E-state index is 0.857. The van der Waals surface area contributed by atoms with Crippen LogP contribution in [0.2, 0.25) is 0 Å². The average Bonchev–Trinajstić information content (AvgIpc) is 3.84. The Morgan fingerprint density at radius 1 is 0.368 bits per heavy atom. The Morgan fingerprint density at radius 2 is 0.965 bits per heavy atom. The lowest BCUT2D eigenvalue weighted by Gasteiger charge is -2.26. The Balaban J connectivity index is 1.16. The predicted molar refractivity (Wildman–Crippen MR) is 239 cm³/mol. The molecular weight excluding hydrogens is 693 g/mol. The Bertz CT molecular complexity index is 3220. The monoisotopic (exact) mass is 728 g/mol. The van der Waals surface area contributed by atoms with Gasteiger partial charge in [0.2, 0.25) is 0 Å². The molecule has 0 atom stereocenters. The third-order valence-corrected chi connectivity index (χ3v) is 11.2. The van der Waals surface area contributed by atoms with Crippen LogP contribution in [-0.4, -0.2) is 4.57 Å². The zero-order valence-corrected chi connectivity index (χ0v) is 31.1. The molecule has 0 fully saturated rings. The van der Waals surface area contributed by atoms with Crippen molar-refractivity contribution < 1.29 is 4.42 Å². The first-order valence-electron chi connectivity index (χ1n) is 19.4. The van der Waals surface area contributed by atoms with Crippen LogP contribution in [0.4, 0.5) is 17.1 Å². The molecule has 0 amide bonds. The summed E-state index contributed by atoms with van der Waals surface area (Å²) >= 11 is 0. The maximum Gasteiger partial charge on any atom is 0.159 e. The largest absolute Gasteiger partial charge is 0.454 e. The first kappa shape index (κ1) is 32.8. The van der Waals surface area contributed by atoms with E-state index in [9.17, 15) is 0 Å². The summed E-state index contributed by atoms with van der Waals surface area (Å²) in [7, 11) is 0. The Morgan fingerprint density at radius 3 is 1.75 bits per heavy atom. The van der Waals surface area contributed by atoms with Gasteiger partial charge in [0, 0.05) is 38.6 Å². The molecule has 2 aromatic heterocycles. The third-order valence-electron chi connectivity index (χ3n) is 11.2. The fourth-order valence-electron chi connectivity index (χ4n) is 8.56. The van der Waals surface area contributed by atoms with Crippen LogP contribution in [0.3, 0.4) is 0 Å². The van der Waals surface area contributed by atoms with Crippen LogP contribution in [0.5, 0.6) is 0 Å². The quantitative estimate of drug-likeness (QED) is 0.163. The van der Waals surface area contributed by atoms with E-state index in [1.807, 2.05) is 6.07 Å². The van der Waals surface area contributed by atoms with Gasteiger partial charge in [0.05, 0.1) is 16.7 Å². The van der Waals surface area contributed by atoms with Gasteiger partial charge in [0.25, 0.3) is 0 Å². The van der Waals surface area contributed by atoms with Crippen LogP contribution in [0.15, 0.2) is 223 Å². The molecule has 57 heavy (non-hydrogen) atoms. The van der Waals surface area contributed by atoms with Gasteiger partial charge in [-0.2, -0.15) is 0 Å². The van der Waals surface area contributed by atoms with Gasteiger partial charge in [0.15, 0.2) is 5.58 Å². The van der Waals surface area contributed by atoms with E-state index in [4.69, 9.17) is 4.42 Å². The van der Waals surface area contributed by atoms with Gasteiger partial charge in [-0.25, -0.2) is 0 Å². The summed E-state index contributed by atoms with van der Waals surface area (Å²) < 4.78 is 9.10. The van der Waals surface area contributed by atoms with E-state index in [-0.39, 0.29) is 0 Å². The van der Waals surface area contributed by atoms with Crippen LogP contribution in [0.25, 0.3) is 82.8 Å². The predicted octanol–water partition coefficient (Wildman–Crippen LogP) is 15.2. The number of nitrogens with zero attached hydrogens (tertiary/aromatic N) is 2. The summed E-state index contributed by atoms with van der Waals surface area (Å²) in [5.41, 5.74) is 15.4. The molecule has 3 heteroatoms. The van der Waals surface area contributed by atoms with Crippen molar-refractivity contribution in [1.82, 2.24) is 4.57 Å². The number of aromatic nitrogens is 1. The molecule has 268 valence electrons. The molecule has 0 radical (unpaired) electrons. The second-order valence-electron chi connectivity index (χ2n) is 14.5. The van der Waals surface area contributed by atoms with E-state index in [0.717, 1.165) is 55.7 Å². The lowest BCUT2D eigenvalue weighted by atomic mass is 9.96. The van der Waals surface area contributed by atoms with E-state index in [0.29, 0.717) is 0 Å². The van der Waals surface area contributed by atoms with Crippen LogP contribution in [0.1, 0.15) is 0 Å². The molecule has 0 spiro atoms.